The second kappa shape index (κ2) is 11.9. The van der Waals surface area contributed by atoms with E-state index in [0.29, 0.717) is 62.6 Å². The lowest BCUT2D eigenvalue weighted by Crippen LogP contribution is -2.53. The molecule has 36 heavy (non-hydrogen) atoms. The SMILES string of the molecule is NC(=O)c1ccccc1OCCc1cccc(C(=O)N2CCN(C(=O)NCc3ccccc3)CC2)c1. The van der Waals surface area contributed by atoms with Crippen molar-refractivity contribution in [3.05, 3.63) is 101 Å². The Bertz CT molecular complexity index is 1210. The average Bonchev–Trinajstić information content (AvgIpc) is 2.92. The molecule has 1 fully saturated rings. The summed E-state index contributed by atoms with van der Waals surface area (Å²) >= 11 is 0. The van der Waals surface area contributed by atoms with E-state index < -0.39 is 5.91 Å². The van der Waals surface area contributed by atoms with Crippen molar-refractivity contribution in [3.63, 3.8) is 0 Å². The van der Waals surface area contributed by atoms with Crippen LogP contribution in [-0.4, -0.2) is 60.4 Å². The minimum Gasteiger partial charge on any atom is -0.492 e. The van der Waals surface area contributed by atoms with Gasteiger partial charge in [-0.3, -0.25) is 9.59 Å². The quantitative estimate of drug-likeness (QED) is 0.511. The molecule has 3 aromatic carbocycles. The number of carbonyl (C=O) groups excluding carboxylic acids is 3. The Labute approximate surface area is 210 Å². The maximum absolute atomic E-state index is 13.1. The van der Waals surface area contributed by atoms with Gasteiger partial charge in [0.05, 0.1) is 12.2 Å². The number of para-hydroxylation sites is 1. The van der Waals surface area contributed by atoms with E-state index in [1.54, 1.807) is 40.1 Å². The summed E-state index contributed by atoms with van der Waals surface area (Å²) in [5.74, 6) is -0.143. The van der Waals surface area contributed by atoms with Gasteiger partial charge < -0.3 is 25.6 Å². The van der Waals surface area contributed by atoms with Gasteiger partial charge in [-0.05, 0) is 35.4 Å². The third-order valence-corrected chi connectivity index (χ3v) is 6.12. The number of nitrogens with one attached hydrogen (secondary N) is 1. The highest BCUT2D eigenvalue weighted by Crippen LogP contribution is 2.18. The van der Waals surface area contributed by atoms with E-state index in [0.717, 1.165) is 11.1 Å². The summed E-state index contributed by atoms with van der Waals surface area (Å²) < 4.78 is 5.76. The van der Waals surface area contributed by atoms with E-state index in [1.165, 1.54) is 0 Å². The van der Waals surface area contributed by atoms with Gasteiger partial charge in [0.1, 0.15) is 5.75 Å². The molecule has 8 heteroatoms. The fourth-order valence-electron chi connectivity index (χ4n) is 4.12. The number of carbonyl (C=O) groups is 3. The Kier molecular flexibility index (Phi) is 8.18. The summed E-state index contributed by atoms with van der Waals surface area (Å²) in [4.78, 5) is 40.6. The van der Waals surface area contributed by atoms with Crippen LogP contribution in [0.2, 0.25) is 0 Å². The Morgan fingerprint density at radius 1 is 0.806 bits per heavy atom. The molecule has 0 spiro atoms. The summed E-state index contributed by atoms with van der Waals surface area (Å²) in [6.07, 6.45) is 0.573. The number of amides is 4. The number of primary amides is 1. The lowest BCUT2D eigenvalue weighted by atomic mass is 10.1. The van der Waals surface area contributed by atoms with E-state index in [2.05, 4.69) is 5.32 Å². The normalized spacial score (nSPS) is 13.2. The fourth-order valence-corrected chi connectivity index (χ4v) is 4.12. The highest BCUT2D eigenvalue weighted by Gasteiger charge is 2.25. The number of rotatable bonds is 8. The molecule has 0 atom stereocenters. The first-order valence-electron chi connectivity index (χ1n) is 12.0. The molecule has 1 heterocycles. The second-order valence-corrected chi connectivity index (χ2v) is 8.58. The monoisotopic (exact) mass is 486 g/mol. The molecule has 1 aliphatic heterocycles. The van der Waals surface area contributed by atoms with Crippen molar-refractivity contribution >= 4 is 17.8 Å². The molecule has 4 amide bonds. The molecule has 0 radical (unpaired) electrons. The van der Waals surface area contributed by atoms with Crippen LogP contribution in [0.5, 0.6) is 5.75 Å². The van der Waals surface area contributed by atoms with Gasteiger partial charge in [-0.2, -0.15) is 0 Å². The first-order chi connectivity index (χ1) is 17.5. The zero-order valence-electron chi connectivity index (χ0n) is 20.1. The molecule has 4 rings (SSSR count). The van der Waals surface area contributed by atoms with Gasteiger partial charge in [0, 0.05) is 44.7 Å². The number of hydrogen-bond acceptors (Lipinski definition) is 4. The van der Waals surface area contributed by atoms with Crippen molar-refractivity contribution in [1.82, 2.24) is 15.1 Å². The molecule has 0 bridgehead atoms. The van der Waals surface area contributed by atoms with E-state index in [9.17, 15) is 14.4 Å². The van der Waals surface area contributed by atoms with Crippen molar-refractivity contribution in [2.24, 2.45) is 5.73 Å². The largest absolute Gasteiger partial charge is 0.492 e. The average molecular weight is 487 g/mol. The Morgan fingerprint density at radius 2 is 1.47 bits per heavy atom. The van der Waals surface area contributed by atoms with Crippen LogP contribution in [-0.2, 0) is 13.0 Å². The highest BCUT2D eigenvalue weighted by atomic mass is 16.5. The number of urea groups is 1. The van der Waals surface area contributed by atoms with Gasteiger partial charge in [0.25, 0.3) is 11.8 Å². The lowest BCUT2D eigenvalue weighted by Gasteiger charge is -2.34. The zero-order chi connectivity index (χ0) is 25.3. The third kappa shape index (κ3) is 6.41. The summed E-state index contributed by atoms with van der Waals surface area (Å²) in [6.45, 7) is 2.75. The summed E-state index contributed by atoms with van der Waals surface area (Å²) in [5, 5.41) is 2.94. The summed E-state index contributed by atoms with van der Waals surface area (Å²) in [6, 6.07) is 24.0. The van der Waals surface area contributed by atoms with E-state index >= 15 is 0 Å². The third-order valence-electron chi connectivity index (χ3n) is 6.12. The maximum Gasteiger partial charge on any atom is 0.317 e. The zero-order valence-corrected chi connectivity index (χ0v) is 20.1. The van der Waals surface area contributed by atoms with E-state index in [-0.39, 0.29) is 11.9 Å². The number of nitrogens with two attached hydrogens (primary N) is 1. The molecule has 1 aliphatic rings. The van der Waals surface area contributed by atoms with Crippen molar-refractivity contribution in [3.8, 4) is 5.75 Å². The topological polar surface area (TPSA) is 105 Å². The maximum atomic E-state index is 13.1. The van der Waals surface area contributed by atoms with Crippen LogP contribution >= 0.6 is 0 Å². The summed E-state index contributed by atoms with van der Waals surface area (Å²) in [5.41, 5.74) is 8.34. The molecule has 1 saturated heterocycles. The molecule has 0 unspecified atom stereocenters. The van der Waals surface area contributed by atoms with Gasteiger partial charge in [-0.15, -0.1) is 0 Å². The van der Waals surface area contributed by atoms with Crippen LogP contribution in [0.4, 0.5) is 4.79 Å². The molecule has 3 N–H and O–H groups in total. The van der Waals surface area contributed by atoms with Crippen LogP contribution in [0, 0.1) is 0 Å². The number of ether oxygens (including phenoxy) is 1. The Morgan fingerprint density at radius 3 is 2.22 bits per heavy atom. The van der Waals surface area contributed by atoms with Gasteiger partial charge in [0.2, 0.25) is 0 Å². The molecule has 0 aromatic heterocycles. The summed E-state index contributed by atoms with van der Waals surface area (Å²) in [7, 11) is 0. The van der Waals surface area contributed by atoms with Crippen LogP contribution in [0.1, 0.15) is 31.8 Å². The molecule has 3 aromatic rings. The van der Waals surface area contributed by atoms with Crippen molar-refractivity contribution < 1.29 is 19.1 Å². The van der Waals surface area contributed by atoms with E-state index in [1.807, 2.05) is 48.5 Å². The fraction of sp³-hybridized carbons (Fsp3) is 0.250. The predicted molar refractivity (Wildman–Crippen MR) is 137 cm³/mol. The Balaban J connectivity index is 1.26. The molecule has 0 saturated carbocycles. The van der Waals surface area contributed by atoms with Crippen molar-refractivity contribution in [1.29, 1.82) is 0 Å². The smallest absolute Gasteiger partial charge is 0.317 e. The molecule has 186 valence electrons. The van der Waals surface area contributed by atoms with Crippen molar-refractivity contribution in [2.45, 2.75) is 13.0 Å². The number of nitrogens with zero attached hydrogens (tertiary/aromatic N) is 2. The standard InChI is InChI=1S/C28H30N4O4/c29-26(33)24-11-4-5-12-25(24)36-18-13-21-9-6-10-23(19-21)27(34)31-14-16-32(17-15-31)28(35)30-20-22-7-2-1-3-8-22/h1-12,19H,13-18,20H2,(H2,29,33)(H,30,35). The first kappa shape index (κ1) is 24.8. The molecule has 0 aliphatic carbocycles. The minimum absolute atomic E-state index is 0.0545. The lowest BCUT2D eigenvalue weighted by molar-refractivity contribution is 0.0664. The predicted octanol–water partition coefficient (Wildman–Crippen LogP) is 3.07. The van der Waals surface area contributed by atoms with Gasteiger partial charge in [-0.1, -0.05) is 54.6 Å². The highest BCUT2D eigenvalue weighted by molar-refractivity contribution is 5.95. The number of benzene rings is 3. The molecular weight excluding hydrogens is 456 g/mol. The van der Waals surface area contributed by atoms with Crippen LogP contribution in [0.3, 0.4) is 0 Å². The van der Waals surface area contributed by atoms with Crippen LogP contribution in [0.15, 0.2) is 78.9 Å². The minimum atomic E-state index is -0.535. The van der Waals surface area contributed by atoms with E-state index in [4.69, 9.17) is 10.5 Å². The first-order valence-corrected chi connectivity index (χ1v) is 12.0. The van der Waals surface area contributed by atoms with Gasteiger partial charge in [-0.25, -0.2) is 4.79 Å². The molecule has 8 nitrogen and oxygen atoms in total. The Hall–Kier alpha value is -4.33. The van der Waals surface area contributed by atoms with Gasteiger partial charge in [0.15, 0.2) is 0 Å². The van der Waals surface area contributed by atoms with Crippen LogP contribution in [0.25, 0.3) is 0 Å². The number of piperazine rings is 1. The van der Waals surface area contributed by atoms with Gasteiger partial charge >= 0.3 is 6.03 Å². The van der Waals surface area contributed by atoms with Crippen LogP contribution < -0.4 is 15.8 Å². The number of hydrogen-bond donors (Lipinski definition) is 2. The van der Waals surface area contributed by atoms with Crippen molar-refractivity contribution in [2.75, 3.05) is 32.8 Å². The second-order valence-electron chi connectivity index (χ2n) is 8.58. The molecular formula is C28H30N4O4.